The van der Waals surface area contributed by atoms with Gasteiger partial charge >= 0.3 is 0 Å². The molecule has 2 aromatic heterocycles. The Hall–Kier alpha value is -3.60. The SMILES string of the molecule is CC(=O)NC1CCC(NC(=O)c2cnc3c([nH]c4cc(C#N)ccc43)c2NC(C)C)CC1. The molecule has 4 N–H and O–H groups in total. The smallest absolute Gasteiger partial charge is 0.255 e. The van der Waals surface area contributed by atoms with Crippen molar-refractivity contribution in [2.24, 2.45) is 0 Å². The van der Waals surface area contributed by atoms with E-state index in [-0.39, 0.29) is 29.9 Å². The van der Waals surface area contributed by atoms with Gasteiger partial charge in [0.1, 0.15) is 0 Å². The van der Waals surface area contributed by atoms with Crippen LogP contribution in [-0.2, 0) is 4.79 Å². The largest absolute Gasteiger partial charge is 0.380 e. The van der Waals surface area contributed by atoms with Gasteiger partial charge in [-0.2, -0.15) is 5.26 Å². The molecule has 8 heteroatoms. The van der Waals surface area contributed by atoms with Crippen molar-refractivity contribution in [3.05, 3.63) is 35.5 Å². The molecule has 0 spiro atoms. The number of hydrogen-bond donors (Lipinski definition) is 4. The van der Waals surface area contributed by atoms with E-state index in [0.29, 0.717) is 16.8 Å². The van der Waals surface area contributed by atoms with Gasteiger partial charge in [0.05, 0.1) is 33.9 Å². The van der Waals surface area contributed by atoms with Crippen LogP contribution in [0, 0.1) is 11.3 Å². The van der Waals surface area contributed by atoms with Crippen molar-refractivity contribution < 1.29 is 9.59 Å². The van der Waals surface area contributed by atoms with E-state index >= 15 is 0 Å². The second-order valence-electron chi connectivity index (χ2n) is 8.79. The number of carbonyl (C=O) groups is 2. The predicted molar refractivity (Wildman–Crippen MR) is 124 cm³/mol. The molecule has 2 heterocycles. The van der Waals surface area contributed by atoms with Gasteiger partial charge in [0.15, 0.2) is 0 Å². The van der Waals surface area contributed by atoms with E-state index in [2.05, 4.69) is 32.0 Å². The average Bonchev–Trinajstić information content (AvgIpc) is 3.13. The fourth-order valence-electron chi connectivity index (χ4n) is 4.44. The molecule has 3 aromatic rings. The van der Waals surface area contributed by atoms with E-state index < -0.39 is 0 Å². The summed E-state index contributed by atoms with van der Waals surface area (Å²) in [6.45, 7) is 5.58. The van der Waals surface area contributed by atoms with Crippen LogP contribution in [0.5, 0.6) is 0 Å². The summed E-state index contributed by atoms with van der Waals surface area (Å²) in [7, 11) is 0. The van der Waals surface area contributed by atoms with Gasteiger partial charge in [0.2, 0.25) is 5.91 Å². The Morgan fingerprint density at radius 1 is 1.16 bits per heavy atom. The van der Waals surface area contributed by atoms with Crippen LogP contribution in [0.25, 0.3) is 21.9 Å². The number of pyridine rings is 1. The van der Waals surface area contributed by atoms with Crippen LogP contribution in [0.4, 0.5) is 5.69 Å². The normalized spacial score (nSPS) is 18.5. The monoisotopic (exact) mass is 432 g/mol. The second-order valence-corrected chi connectivity index (χ2v) is 8.79. The highest BCUT2D eigenvalue weighted by Gasteiger charge is 2.25. The van der Waals surface area contributed by atoms with E-state index in [1.54, 1.807) is 18.3 Å². The van der Waals surface area contributed by atoms with Crippen molar-refractivity contribution in [3.8, 4) is 6.07 Å². The van der Waals surface area contributed by atoms with Crippen molar-refractivity contribution >= 4 is 39.4 Å². The number of nitrogens with one attached hydrogen (secondary N) is 4. The maximum Gasteiger partial charge on any atom is 0.255 e. The summed E-state index contributed by atoms with van der Waals surface area (Å²) >= 11 is 0. The number of rotatable bonds is 5. The molecule has 1 saturated carbocycles. The molecule has 8 nitrogen and oxygen atoms in total. The highest BCUT2D eigenvalue weighted by Crippen LogP contribution is 2.32. The molecule has 166 valence electrons. The summed E-state index contributed by atoms with van der Waals surface area (Å²) < 4.78 is 0. The molecule has 1 aliphatic rings. The van der Waals surface area contributed by atoms with Gasteiger partial charge in [-0.1, -0.05) is 0 Å². The fraction of sp³-hybridized carbons (Fsp3) is 0.417. The quantitative estimate of drug-likeness (QED) is 0.491. The number of carbonyl (C=O) groups excluding carboxylic acids is 2. The molecule has 1 fully saturated rings. The highest BCUT2D eigenvalue weighted by molar-refractivity contribution is 6.14. The van der Waals surface area contributed by atoms with Gasteiger partial charge in [0.25, 0.3) is 5.91 Å². The van der Waals surface area contributed by atoms with Crippen LogP contribution in [0.2, 0.25) is 0 Å². The zero-order valence-electron chi connectivity index (χ0n) is 18.6. The number of nitrogens with zero attached hydrogens (tertiary/aromatic N) is 2. The summed E-state index contributed by atoms with van der Waals surface area (Å²) in [6, 6.07) is 7.96. The first kappa shape index (κ1) is 21.6. The lowest BCUT2D eigenvalue weighted by Crippen LogP contribution is -2.43. The number of benzene rings is 1. The Labute approximate surface area is 186 Å². The van der Waals surface area contributed by atoms with Crippen molar-refractivity contribution in [1.82, 2.24) is 20.6 Å². The first-order valence-electron chi connectivity index (χ1n) is 11.0. The lowest BCUT2D eigenvalue weighted by molar-refractivity contribution is -0.119. The molecule has 0 atom stereocenters. The minimum atomic E-state index is -0.165. The Morgan fingerprint density at radius 2 is 1.84 bits per heavy atom. The first-order valence-corrected chi connectivity index (χ1v) is 11.0. The molecule has 32 heavy (non-hydrogen) atoms. The Kier molecular flexibility index (Phi) is 5.99. The molecule has 0 radical (unpaired) electrons. The molecule has 1 aromatic carbocycles. The van der Waals surface area contributed by atoms with Crippen molar-refractivity contribution in [2.75, 3.05) is 5.32 Å². The standard InChI is InChI=1S/C24H28N6O2/c1-13(2)27-22-19(24(32)29-17-7-5-16(6-8-17)28-14(3)31)12-26-21-18-9-4-15(11-25)10-20(18)30-23(21)22/h4,9-10,12-13,16-17,30H,5-8H2,1-3H3,(H,26,27)(H,28,31)(H,29,32). The zero-order valence-corrected chi connectivity index (χ0v) is 18.6. The van der Waals surface area contributed by atoms with Crippen molar-refractivity contribution in [1.29, 1.82) is 5.26 Å². The summed E-state index contributed by atoms with van der Waals surface area (Å²) in [5.41, 5.74) is 4.10. The zero-order chi connectivity index (χ0) is 22.8. The van der Waals surface area contributed by atoms with Gasteiger partial charge in [-0.05, 0) is 57.7 Å². The minimum absolute atomic E-state index is 0.0125. The number of fused-ring (bicyclic) bond motifs is 3. The van der Waals surface area contributed by atoms with Gasteiger partial charge in [-0.25, -0.2) is 0 Å². The van der Waals surface area contributed by atoms with E-state index in [1.807, 2.05) is 19.9 Å². The number of H-pyrrole nitrogens is 1. The number of anilines is 1. The lowest BCUT2D eigenvalue weighted by Gasteiger charge is -2.29. The van der Waals surface area contributed by atoms with E-state index in [9.17, 15) is 14.9 Å². The first-order chi connectivity index (χ1) is 15.4. The highest BCUT2D eigenvalue weighted by atomic mass is 16.2. The van der Waals surface area contributed by atoms with E-state index in [1.165, 1.54) is 6.92 Å². The average molecular weight is 433 g/mol. The number of aromatic amines is 1. The van der Waals surface area contributed by atoms with Gasteiger partial charge in [-0.3, -0.25) is 14.6 Å². The molecule has 0 aliphatic heterocycles. The number of amides is 2. The maximum atomic E-state index is 13.2. The van der Waals surface area contributed by atoms with Crippen LogP contribution < -0.4 is 16.0 Å². The third-order valence-electron chi connectivity index (χ3n) is 5.89. The maximum absolute atomic E-state index is 13.2. The third-order valence-corrected chi connectivity index (χ3v) is 5.89. The van der Waals surface area contributed by atoms with Crippen LogP contribution in [0.1, 0.15) is 62.4 Å². The summed E-state index contributed by atoms with van der Waals surface area (Å²) in [5.74, 6) is -0.177. The third kappa shape index (κ3) is 4.37. The molecular formula is C24H28N6O2. The van der Waals surface area contributed by atoms with Gasteiger partial charge in [0, 0.05) is 42.1 Å². The predicted octanol–water partition coefficient (Wildman–Crippen LogP) is 3.59. The number of hydrogen-bond acceptors (Lipinski definition) is 5. The van der Waals surface area contributed by atoms with Crippen LogP contribution in [-0.4, -0.2) is 39.9 Å². The van der Waals surface area contributed by atoms with Crippen LogP contribution in [0.3, 0.4) is 0 Å². The second kappa shape index (κ2) is 8.87. The van der Waals surface area contributed by atoms with Crippen LogP contribution >= 0.6 is 0 Å². The summed E-state index contributed by atoms with van der Waals surface area (Å²) in [4.78, 5) is 32.4. The van der Waals surface area contributed by atoms with Gasteiger partial charge in [-0.15, -0.1) is 0 Å². The minimum Gasteiger partial charge on any atom is -0.380 e. The topological polar surface area (TPSA) is 123 Å². The van der Waals surface area contributed by atoms with Crippen LogP contribution in [0.15, 0.2) is 24.4 Å². The fourth-order valence-corrected chi connectivity index (χ4v) is 4.44. The summed E-state index contributed by atoms with van der Waals surface area (Å²) in [5, 5.41) is 19.6. The molecule has 1 aliphatic carbocycles. The molecule has 0 bridgehead atoms. The van der Waals surface area contributed by atoms with Crippen molar-refractivity contribution in [2.45, 2.75) is 64.6 Å². The Morgan fingerprint density at radius 3 is 2.47 bits per heavy atom. The molecule has 0 saturated heterocycles. The molecular weight excluding hydrogens is 404 g/mol. The number of aromatic nitrogens is 2. The van der Waals surface area contributed by atoms with E-state index in [0.717, 1.165) is 47.6 Å². The van der Waals surface area contributed by atoms with E-state index in [4.69, 9.17) is 0 Å². The molecule has 0 unspecified atom stereocenters. The summed E-state index contributed by atoms with van der Waals surface area (Å²) in [6.07, 6.45) is 4.96. The molecule has 2 amide bonds. The Bertz CT molecular complexity index is 1210. The molecule has 4 rings (SSSR count). The Balaban J connectivity index is 1.63. The lowest BCUT2D eigenvalue weighted by atomic mass is 9.91. The van der Waals surface area contributed by atoms with Crippen molar-refractivity contribution in [3.63, 3.8) is 0 Å². The number of nitriles is 1. The van der Waals surface area contributed by atoms with Gasteiger partial charge < -0.3 is 20.9 Å².